The van der Waals surface area contributed by atoms with Gasteiger partial charge in [0, 0.05) is 19.6 Å². The minimum atomic E-state index is -0.0915. The predicted molar refractivity (Wildman–Crippen MR) is 82.0 cm³/mol. The zero-order valence-corrected chi connectivity index (χ0v) is 12.6. The van der Waals surface area contributed by atoms with Gasteiger partial charge in [-0.1, -0.05) is 41.7 Å². The van der Waals surface area contributed by atoms with Crippen molar-refractivity contribution in [1.82, 2.24) is 20.0 Å². The number of rotatable bonds is 2. The third-order valence-electron chi connectivity index (χ3n) is 3.65. The Morgan fingerprint density at radius 1 is 1.29 bits per heavy atom. The lowest BCUT2D eigenvalue weighted by Gasteiger charge is -2.39. The number of benzene rings is 1. The smallest absolute Gasteiger partial charge is 0.285 e. The Morgan fingerprint density at radius 3 is 2.71 bits per heavy atom. The van der Waals surface area contributed by atoms with Crippen LogP contribution in [0.3, 0.4) is 0 Å². The molecule has 0 aliphatic carbocycles. The summed E-state index contributed by atoms with van der Waals surface area (Å²) in [7, 11) is 2.07. The van der Waals surface area contributed by atoms with Crippen molar-refractivity contribution in [1.29, 1.82) is 0 Å². The van der Waals surface area contributed by atoms with Crippen LogP contribution in [-0.4, -0.2) is 52.6 Å². The van der Waals surface area contributed by atoms with Gasteiger partial charge in [-0.05, 0) is 12.6 Å². The number of piperazine rings is 1. The second-order valence-corrected chi connectivity index (χ2v) is 6.14. The molecule has 2 aromatic rings. The Bertz CT molecular complexity index is 629. The first-order valence-corrected chi connectivity index (χ1v) is 7.60. The van der Waals surface area contributed by atoms with Crippen LogP contribution in [0.25, 0.3) is 0 Å². The Hall–Kier alpha value is -1.99. The SMILES string of the molecule is CN1CCN(C(=O)c2nnc(N)s2)C(c2ccccc2)C1. The maximum atomic E-state index is 12.7. The lowest BCUT2D eigenvalue weighted by Crippen LogP contribution is -2.49. The number of amides is 1. The van der Waals surface area contributed by atoms with Gasteiger partial charge in [0.25, 0.3) is 5.91 Å². The summed E-state index contributed by atoms with van der Waals surface area (Å²) in [5.74, 6) is -0.0915. The van der Waals surface area contributed by atoms with E-state index >= 15 is 0 Å². The zero-order chi connectivity index (χ0) is 14.8. The molecule has 2 N–H and O–H groups in total. The highest BCUT2D eigenvalue weighted by Gasteiger charge is 2.32. The van der Waals surface area contributed by atoms with Gasteiger partial charge in [0.15, 0.2) is 0 Å². The van der Waals surface area contributed by atoms with Crippen molar-refractivity contribution in [3.8, 4) is 0 Å². The molecule has 1 unspecified atom stereocenters. The van der Waals surface area contributed by atoms with Crippen molar-refractivity contribution < 1.29 is 4.79 Å². The normalized spacial score (nSPS) is 19.7. The number of nitrogen functional groups attached to an aromatic ring is 1. The van der Waals surface area contributed by atoms with Gasteiger partial charge in [0.2, 0.25) is 10.1 Å². The number of nitrogens with zero attached hydrogens (tertiary/aromatic N) is 4. The van der Waals surface area contributed by atoms with E-state index < -0.39 is 0 Å². The van der Waals surface area contributed by atoms with Gasteiger partial charge in [-0.15, -0.1) is 10.2 Å². The van der Waals surface area contributed by atoms with Crippen LogP contribution >= 0.6 is 11.3 Å². The van der Waals surface area contributed by atoms with Crippen LogP contribution in [0.4, 0.5) is 5.13 Å². The molecule has 1 fully saturated rings. The summed E-state index contributed by atoms with van der Waals surface area (Å²) >= 11 is 1.14. The second-order valence-electron chi connectivity index (χ2n) is 5.13. The van der Waals surface area contributed by atoms with Gasteiger partial charge >= 0.3 is 0 Å². The van der Waals surface area contributed by atoms with Crippen molar-refractivity contribution >= 4 is 22.4 Å². The molecular formula is C14H17N5OS. The number of hydrogen-bond acceptors (Lipinski definition) is 6. The quantitative estimate of drug-likeness (QED) is 0.903. The van der Waals surface area contributed by atoms with E-state index in [2.05, 4.69) is 34.3 Å². The molecule has 0 radical (unpaired) electrons. The summed E-state index contributed by atoms with van der Waals surface area (Å²) in [6.45, 7) is 2.34. The molecule has 1 saturated heterocycles. The number of carbonyl (C=O) groups excluding carboxylic acids is 1. The fourth-order valence-electron chi connectivity index (χ4n) is 2.57. The van der Waals surface area contributed by atoms with Crippen LogP contribution in [0.1, 0.15) is 21.4 Å². The molecule has 3 rings (SSSR count). The minimum absolute atomic E-state index is 0.0302. The standard InChI is InChI=1S/C14H17N5OS/c1-18-7-8-19(13(20)12-16-17-14(15)21-12)11(9-18)10-5-3-2-4-6-10/h2-6,11H,7-9H2,1H3,(H2,15,17). The molecule has 21 heavy (non-hydrogen) atoms. The van der Waals surface area contributed by atoms with Gasteiger partial charge in [0.1, 0.15) is 0 Å². The fourth-order valence-corrected chi connectivity index (χ4v) is 3.13. The topological polar surface area (TPSA) is 75.3 Å². The third-order valence-corrected chi connectivity index (χ3v) is 4.39. The zero-order valence-electron chi connectivity index (χ0n) is 11.8. The maximum Gasteiger partial charge on any atom is 0.285 e. The van der Waals surface area contributed by atoms with E-state index in [1.54, 1.807) is 0 Å². The number of likely N-dealkylation sites (N-methyl/N-ethyl adjacent to an activating group) is 1. The molecule has 110 valence electrons. The van der Waals surface area contributed by atoms with E-state index in [0.29, 0.717) is 16.7 Å². The lowest BCUT2D eigenvalue weighted by molar-refractivity contribution is 0.0497. The van der Waals surface area contributed by atoms with Crippen molar-refractivity contribution in [2.24, 2.45) is 0 Å². The van der Waals surface area contributed by atoms with Crippen LogP contribution in [0.5, 0.6) is 0 Å². The molecule has 7 heteroatoms. The number of nitrogens with two attached hydrogens (primary N) is 1. The van der Waals surface area contributed by atoms with Crippen molar-refractivity contribution in [2.45, 2.75) is 6.04 Å². The van der Waals surface area contributed by atoms with E-state index in [9.17, 15) is 4.79 Å². The summed E-state index contributed by atoms with van der Waals surface area (Å²) in [6.07, 6.45) is 0. The number of anilines is 1. The molecule has 2 heterocycles. The van der Waals surface area contributed by atoms with E-state index in [0.717, 1.165) is 30.0 Å². The monoisotopic (exact) mass is 303 g/mol. The summed E-state index contributed by atoms with van der Waals surface area (Å²) in [5.41, 5.74) is 6.71. The Labute approximate surface area is 127 Å². The van der Waals surface area contributed by atoms with Crippen LogP contribution in [0, 0.1) is 0 Å². The van der Waals surface area contributed by atoms with E-state index in [1.807, 2.05) is 23.1 Å². The Balaban J connectivity index is 1.89. The first-order valence-electron chi connectivity index (χ1n) is 6.78. The highest BCUT2D eigenvalue weighted by molar-refractivity contribution is 7.16. The van der Waals surface area contributed by atoms with Crippen LogP contribution < -0.4 is 5.73 Å². The largest absolute Gasteiger partial charge is 0.374 e. The van der Waals surface area contributed by atoms with E-state index in [1.165, 1.54) is 0 Å². The molecule has 1 amide bonds. The molecular weight excluding hydrogens is 286 g/mol. The van der Waals surface area contributed by atoms with Gasteiger partial charge in [0.05, 0.1) is 6.04 Å². The van der Waals surface area contributed by atoms with Gasteiger partial charge in [-0.3, -0.25) is 4.79 Å². The Kier molecular flexibility index (Phi) is 3.85. The summed E-state index contributed by atoms with van der Waals surface area (Å²) in [4.78, 5) is 16.8. The lowest BCUT2D eigenvalue weighted by atomic mass is 10.0. The molecule has 1 aliphatic rings. The summed E-state index contributed by atoms with van der Waals surface area (Å²) in [5, 5.41) is 8.29. The molecule has 0 spiro atoms. The first-order chi connectivity index (χ1) is 10.1. The fraction of sp³-hybridized carbons (Fsp3) is 0.357. The predicted octanol–water partition coefficient (Wildman–Crippen LogP) is 1.25. The van der Waals surface area contributed by atoms with Crippen LogP contribution in [0.2, 0.25) is 0 Å². The maximum absolute atomic E-state index is 12.7. The van der Waals surface area contributed by atoms with Crippen molar-refractivity contribution in [3.05, 3.63) is 40.9 Å². The second kappa shape index (κ2) is 5.79. The minimum Gasteiger partial charge on any atom is -0.374 e. The molecule has 1 aromatic heterocycles. The third kappa shape index (κ3) is 2.88. The molecule has 0 saturated carbocycles. The summed E-state index contributed by atoms with van der Waals surface area (Å²) in [6, 6.07) is 10.1. The average molecular weight is 303 g/mol. The van der Waals surface area contributed by atoms with Gasteiger partial charge in [-0.25, -0.2) is 0 Å². The Morgan fingerprint density at radius 2 is 2.05 bits per heavy atom. The van der Waals surface area contributed by atoms with Crippen molar-refractivity contribution in [3.63, 3.8) is 0 Å². The molecule has 6 nitrogen and oxygen atoms in total. The highest BCUT2D eigenvalue weighted by atomic mass is 32.1. The summed E-state index contributed by atoms with van der Waals surface area (Å²) < 4.78 is 0. The van der Waals surface area contributed by atoms with Gasteiger partial charge < -0.3 is 15.5 Å². The molecule has 0 bridgehead atoms. The molecule has 1 aromatic carbocycles. The molecule has 1 atom stereocenters. The van der Waals surface area contributed by atoms with E-state index in [4.69, 9.17) is 5.73 Å². The van der Waals surface area contributed by atoms with Crippen LogP contribution in [0.15, 0.2) is 30.3 Å². The van der Waals surface area contributed by atoms with Crippen molar-refractivity contribution in [2.75, 3.05) is 32.4 Å². The number of hydrogen-bond donors (Lipinski definition) is 1. The number of carbonyl (C=O) groups is 1. The highest BCUT2D eigenvalue weighted by Crippen LogP contribution is 2.27. The van der Waals surface area contributed by atoms with Crippen LogP contribution in [-0.2, 0) is 0 Å². The van der Waals surface area contributed by atoms with Gasteiger partial charge in [-0.2, -0.15) is 0 Å². The number of aromatic nitrogens is 2. The van der Waals surface area contributed by atoms with E-state index in [-0.39, 0.29) is 11.9 Å². The average Bonchev–Trinajstić information content (AvgIpc) is 2.94. The first kappa shape index (κ1) is 14.0. The molecule has 1 aliphatic heterocycles.